The van der Waals surface area contributed by atoms with Crippen LogP contribution in [0.4, 0.5) is 5.13 Å². The Morgan fingerprint density at radius 3 is 2.55 bits per heavy atom. The van der Waals surface area contributed by atoms with E-state index in [1.54, 1.807) is 18.3 Å². The van der Waals surface area contributed by atoms with Crippen molar-refractivity contribution < 1.29 is 4.79 Å². The molecule has 3 heterocycles. The van der Waals surface area contributed by atoms with Gasteiger partial charge in [0.1, 0.15) is 0 Å². The van der Waals surface area contributed by atoms with Crippen molar-refractivity contribution in [3.63, 3.8) is 0 Å². The lowest BCUT2D eigenvalue weighted by molar-refractivity contribution is -0.131. The monoisotopic (exact) mass is 411 g/mol. The highest BCUT2D eigenvalue weighted by Gasteiger charge is 2.40. The molecule has 1 aliphatic rings. The molecule has 1 saturated heterocycles. The zero-order valence-electron chi connectivity index (χ0n) is 16.6. The van der Waals surface area contributed by atoms with E-state index in [4.69, 9.17) is 4.98 Å². The molecule has 1 aromatic carbocycles. The Kier molecular flexibility index (Phi) is 5.27. The third-order valence-electron chi connectivity index (χ3n) is 5.92. The van der Waals surface area contributed by atoms with Gasteiger partial charge >= 0.3 is 0 Å². The Bertz CT molecular complexity index is 1040. The summed E-state index contributed by atoms with van der Waals surface area (Å²) in [5, 5.41) is 11.5. The summed E-state index contributed by atoms with van der Waals surface area (Å²) in [6.07, 6.45) is 1.74. The average Bonchev–Trinajstić information content (AvgIpc) is 3.37. The summed E-state index contributed by atoms with van der Waals surface area (Å²) in [7, 11) is 1.88. The first kappa shape index (κ1) is 19.4. The van der Waals surface area contributed by atoms with E-state index < -0.39 is 0 Å². The molecule has 0 spiro atoms. The van der Waals surface area contributed by atoms with Crippen molar-refractivity contribution in [2.24, 2.45) is 0 Å². The molecule has 0 aliphatic carbocycles. The van der Waals surface area contributed by atoms with Gasteiger partial charge in [0.2, 0.25) is 5.91 Å². The first-order chi connectivity index (χ1) is 14.0. The minimum Gasteiger partial charge on any atom is -0.365 e. The second-order valence-electron chi connectivity index (χ2n) is 7.48. The lowest BCUT2D eigenvalue weighted by Crippen LogP contribution is -2.46. The molecule has 2 aromatic heterocycles. The molecular formula is C21H25N5O2S. The number of hydrogen-bond acceptors (Lipinski definition) is 5. The maximum Gasteiger partial charge on any atom is 0.267 e. The van der Waals surface area contributed by atoms with Gasteiger partial charge in [-0.3, -0.25) is 14.7 Å². The summed E-state index contributed by atoms with van der Waals surface area (Å²) in [4.78, 5) is 31.4. The van der Waals surface area contributed by atoms with E-state index in [9.17, 15) is 9.59 Å². The van der Waals surface area contributed by atoms with Crippen LogP contribution in [0.3, 0.4) is 0 Å². The number of carbonyl (C=O) groups is 1. The topological polar surface area (TPSA) is 93.9 Å². The first-order valence-electron chi connectivity index (χ1n) is 9.76. The summed E-state index contributed by atoms with van der Waals surface area (Å²) in [5.41, 5.74) is 3.12. The van der Waals surface area contributed by atoms with Gasteiger partial charge in [-0.05, 0) is 25.3 Å². The Balaban J connectivity index is 1.56. The molecular weight excluding hydrogens is 386 g/mol. The Labute approximate surface area is 173 Å². The molecule has 7 nitrogen and oxygen atoms in total. The molecule has 0 saturated carbocycles. The Morgan fingerprint density at radius 2 is 1.97 bits per heavy atom. The van der Waals surface area contributed by atoms with E-state index in [2.05, 4.69) is 45.2 Å². The van der Waals surface area contributed by atoms with Gasteiger partial charge in [0, 0.05) is 42.2 Å². The molecule has 29 heavy (non-hydrogen) atoms. The fourth-order valence-electron chi connectivity index (χ4n) is 4.14. The second-order valence-corrected chi connectivity index (χ2v) is 8.33. The number of nitrogens with one attached hydrogen (secondary N) is 3. The predicted molar refractivity (Wildman–Crippen MR) is 115 cm³/mol. The van der Waals surface area contributed by atoms with Gasteiger partial charge in [0.05, 0.1) is 12.1 Å². The van der Waals surface area contributed by atoms with Crippen molar-refractivity contribution in [2.75, 3.05) is 25.5 Å². The molecule has 1 amide bonds. The van der Waals surface area contributed by atoms with Crippen molar-refractivity contribution in [1.29, 1.82) is 0 Å². The number of likely N-dealkylation sites (tertiary alicyclic amines) is 1. The van der Waals surface area contributed by atoms with E-state index in [0.29, 0.717) is 18.7 Å². The lowest BCUT2D eigenvalue weighted by Gasteiger charge is -2.41. The highest BCUT2D eigenvalue weighted by Crippen LogP contribution is 2.42. The van der Waals surface area contributed by atoms with Crippen LogP contribution in [0.1, 0.15) is 35.4 Å². The number of benzene rings is 1. The highest BCUT2D eigenvalue weighted by molar-refractivity contribution is 7.13. The number of aromatic nitrogens is 3. The van der Waals surface area contributed by atoms with Crippen LogP contribution >= 0.6 is 11.3 Å². The van der Waals surface area contributed by atoms with Crippen LogP contribution in [-0.2, 0) is 16.6 Å². The summed E-state index contributed by atoms with van der Waals surface area (Å²) < 4.78 is 0. The third kappa shape index (κ3) is 3.60. The normalized spacial score (nSPS) is 16.0. The summed E-state index contributed by atoms with van der Waals surface area (Å²) in [6.45, 7) is 3.09. The molecule has 4 rings (SSSR count). The summed E-state index contributed by atoms with van der Waals surface area (Å²) in [5.74, 6) is -0.00551. The van der Waals surface area contributed by atoms with Crippen LogP contribution in [0.5, 0.6) is 0 Å². The lowest BCUT2D eigenvalue weighted by atomic mass is 9.70. The minimum atomic E-state index is -0.214. The smallest absolute Gasteiger partial charge is 0.267 e. The van der Waals surface area contributed by atoms with Gasteiger partial charge in [-0.2, -0.15) is 0 Å². The number of rotatable bonds is 5. The zero-order chi connectivity index (χ0) is 20.4. The van der Waals surface area contributed by atoms with Crippen molar-refractivity contribution in [1.82, 2.24) is 20.1 Å². The molecule has 1 aliphatic heterocycles. The molecule has 8 heteroatoms. The van der Waals surface area contributed by atoms with Gasteiger partial charge in [-0.15, -0.1) is 11.3 Å². The molecule has 0 radical (unpaired) electrons. The van der Waals surface area contributed by atoms with Gasteiger partial charge in [0.25, 0.3) is 5.56 Å². The van der Waals surface area contributed by atoms with Crippen molar-refractivity contribution >= 4 is 22.4 Å². The fraction of sp³-hybridized carbons (Fsp3) is 0.381. The number of carbonyl (C=O) groups excluding carboxylic acids is 1. The van der Waals surface area contributed by atoms with E-state index in [1.165, 1.54) is 5.56 Å². The first-order valence-corrected chi connectivity index (χ1v) is 10.6. The number of amides is 1. The average molecular weight is 412 g/mol. The van der Waals surface area contributed by atoms with Crippen molar-refractivity contribution in [2.45, 2.75) is 31.6 Å². The highest BCUT2D eigenvalue weighted by atomic mass is 32.1. The molecule has 152 valence electrons. The van der Waals surface area contributed by atoms with Crippen LogP contribution in [0, 0.1) is 6.92 Å². The predicted octanol–water partition coefficient (Wildman–Crippen LogP) is 2.66. The molecule has 3 N–H and O–H groups in total. The number of H-pyrrole nitrogens is 2. The third-order valence-corrected chi connectivity index (χ3v) is 6.78. The maximum absolute atomic E-state index is 12.8. The number of anilines is 1. The van der Waals surface area contributed by atoms with Gasteiger partial charge in [-0.1, -0.05) is 30.3 Å². The number of thiazole rings is 1. The standard InChI is InChI=1S/C21H25N5O2S/c1-14-16(19(28)25-24-14)12-18(27)26-10-8-21(9-11-26,15-6-4-3-5-7-15)17-13-29-20(22-2)23-17/h3-7,13H,8-12H2,1-2H3,(H,22,23)(H2,24,25,28). The zero-order valence-corrected chi connectivity index (χ0v) is 17.4. The largest absolute Gasteiger partial charge is 0.365 e. The second kappa shape index (κ2) is 7.87. The molecule has 0 bridgehead atoms. The quantitative estimate of drug-likeness (QED) is 0.602. The Morgan fingerprint density at radius 1 is 1.24 bits per heavy atom. The minimum absolute atomic E-state index is 0.00551. The fourth-order valence-corrected chi connectivity index (χ4v) is 4.91. The molecule has 1 fully saturated rings. The van der Waals surface area contributed by atoms with Crippen LogP contribution in [0.15, 0.2) is 40.5 Å². The molecule has 0 atom stereocenters. The number of aromatic amines is 2. The van der Waals surface area contributed by atoms with Crippen LogP contribution in [-0.4, -0.2) is 46.1 Å². The Hall–Kier alpha value is -2.87. The van der Waals surface area contributed by atoms with Gasteiger partial charge in [0.15, 0.2) is 5.13 Å². The number of hydrogen-bond donors (Lipinski definition) is 3. The maximum atomic E-state index is 12.8. The van der Waals surface area contributed by atoms with Crippen molar-refractivity contribution in [3.05, 3.63) is 68.6 Å². The van der Waals surface area contributed by atoms with E-state index >= 15 is 0 Å². The summed E-state index contributed by atoms with van der Waals surface area (Å²) in [6, 6.07) is 10.4. The van der Waals surface area contributed by atoms with E-state index in [-0.39, 0.29) is 23.3 Å². The van der Waals surface area contributed by atoms with Crippen LogP contribution in [0.2, 0.25) is 0 Å². The number of piperidine rings is 1. The van der Waals surface area contributed by atoms with E-state index in [0.717, 1.165) is 29.4 Å². The molecule has 0 unspecified atom stereocenters. The van der Waals surface area contributed by atoms with Gasteiger partial charge in [-0.25, -0.2) is 4.98 Å². The van der Waals surface area contributed by atoms with E-state index in [1.807, 2.05) is 18.0 Å². The van der Waals surface area contributed by atoms with Crippen LogP contribution < -0.4 is 10.9 Å². The van der Waals surface area contributed by atoms with Crippen molar-refractivity contribution in [3.8, 4) is 0 Å². The molecule has 3 aromatic rings. The SMILES string of the molecule is CNc1nc(C2(c3ccccc3)CCN(C(=O)Cc3c(C)[nH][nH]c3=O)CC2)cs1. The van der Waals surface area contributed by atoms with Gasteiger partial charge < -0.3 is 15.3 Å². The number of nitrogens with zero attached hydrogens (tertiary/aromatic N) is 2. The van der Waals surface area contributed by atoms with Crippen LogP contribution in [0.25, 0.3) is 0 Å². The summed E-state index contributed by atoms with van der Waals surface area (Å²) >= 11 is 1.61. The number of aryl methyl sites for hydroxylation is 1.